The van der Waals surface area contributed by atoms with Crippen LogP contribution in [0.4, 0.5) is 0 Å². The van der Waals surface area contributed by atoms with Gasteiger partial charge in [-0.2, -0.15) is 0 Å². The molecule has 2 fully saturated rings. The molecule has 1 unspecified atom stereocenters. The van der Waals surface area contributed by atoms with Gasteiger partial charge in [-0.05, 0) is 89.4 Å². The van der Waals surface area contributed by atoms with Gasteiger partial charge in [-0.3, -0.25) is 0 Å². The van der Waals surface area contributed by atoms with Crippen molar-refractivity contribution < 1.29 is 18.6 Å². The zero-order valence-electron chi connectivity index (χ0n) is 19.5. The summed E-state index contributed by atoms with van der Waals surface area (Å²) >= 11 is 0. The molecule has 158 valence electrons. The Kier molecular flexibility index (Phi) is 4.20. The van der Waals surface area contributed by atoms with Gasteiger partial charge in [-0.15, -0.1) is 0 Å². The Hall–Kier alpha value is -1.33. The van der Waals surface area contributed by atoms with E-state index < -0.39 is 36.6 Å². The highest BCUT2D eigenvalue weighted by atomic mass is 16.7. The minimum atomic E-state index is -0.450. The monoisotopic (exact) mass is 406 g/mol. The molecule has 1 aromatic carbocycles. The molecule has 6 heteroatoms. The molecule has 0 aromatic heterocycles. The highest BCUT2D eigenvalue weighted by Crippen LogP contribution is 2.53. The van der Waals surface area contributed by atoms with E-state index in [-0.39, 0.29) is 5.92 Å². The zero-order chi connectivity index (χ0) is 21.7. The first-order valence-electron chi connectivity index (χ1n) is 11.1. The molecule has 0 N–H and O–H groups in total. The summed E-state index contributed by atoms with van der Waals surface area (Å²) in [5.74, 6) is 0.133. The van der Waals surface area contributed by atoms with E-state index in [0.717, 1.165) is 17.4 Å². The smallest absolute Gasteiger partial charge is 0.400 e. The minimum Gasteiger partial charge on any atom is -0.400 e. The number of hydrogen-bond acceptors (Lipinski definition) is 4. The number of rotatable bonds is 2. The average Bonchev–Trinajstić information content (AvgIpc) is 3.14. The van der Waals surface area contributed by atoms with Crippen LogP contribution in [0.5, 0.6) is 0 Å². The maximum atomic E-state index is 6.54. The molecule has 5 rings (SSSR count). The van der Waals surface area contributed by atoms with Crippen molar-refractivity contribution in [1.82, 2.24) is 0 Å². The molecule has 1 aromatic rings. The van der Waals surface area contributed by atoms with Crippen LogP contribution in [0.1, 0.15) is 78.0 Å². The lowest BCUT2D eigenvalue weighted by molar-refractivity contribution is 0.00578. The third kappa shape index (κ3) is 2.70. The van der Waals surface area contributed by atoms with Crippen LogP contribution in [0.25, 0.3) is 5.47 Å². The highest BCUT2D eigenvalue weighted by molar-refractivity contribution is 6.74. The van der Waals surface area contributed by atoms with E-state index in [1.807, 2.05) is 0 Å². The van der Waals surface area contributed by atoms with Crippen LogP contribution in [-0.2, 0) is 25.0 Å². The van der Waals surface area contributed by atoms with Crippen LogP contribution in [0.15, 0.2) is 35.8 Å². The van der Waals surface area contributed by atoms with Crippen molar-refractivity contribution >= 4 is 19.7 Å². The largest absolute Gasteiger partial charge is 0.494 e. The molecule has 2 heterocycles. The standard InChI is InChI=1S/C24H32B2O4/c1-21(2)22(3,4)28-25(27-21)19-16-13-9-11-15-12-10-14-17(18(15)16)20(19)26-29-23(5,6)24(7,8)30-26/h9-11,13-14,17H,12H2,1-8H3. The molecule has 0 radical (unpaired) electrons. The molecule has 1 atom stereocenters. The van der Waals surface area contributed by atoms with Gasteiger partial charge in [0.2, 0.25) is 0 Å². The molecule has 4 nitrogen and oxygen atoms in total. The van der Waals surface area contributed by atoms with Crippen molar-refractivity contribution in [1.29, 1.82) is 0 Å². The Morgan fingerprint density at radius 3 is 1.87 bits per heavy atom. The predicted octanol–water partition coefficient (Wildman–Crippen LogP) is 4.91. The molecular weight excluding hydrogens is 374 g/mol. The zero-order valence-corrected chi connectivity index (χ0v) is 19.5. The van der Waals surface area contributed by atoms with Gasteiger partial charge in [-0.25, -0.2) is 0 Å². The summed E-state index contributed by atoms with van der Waals surface area (Å²) < 4.78 is 26.2. The van der Waals surface area contributed by atoms with Gasteiger partial charge in [0, 0.05) is 5.92 Å². The Labute approximate surface area is 181 Å². The van der Waals surface area contributed by atoms with Crippen molar-refractivity contribution in [3.8, 4) is 0 Å². The fourth-order valence-corrected chi connectivity index (χ4v) is 4.87. The van der Waals surface area contributed by atoms with Gasteiger partial charge in [-0.1, -0.05) is 30.4 Å². The van der Waals surface area contributed by atoms with Gasteiger partial charge in [0.25, 0.3) is 0 Å². The second-order valence-electron chi connectivity index (χ2n) is 11.0. The van der Waals surface area contributed by atoms with Crippen LogP contribution in [0.3, 0.4) is 0 Å². The quantitative estimate of drug-likeness (QED) is 0.517. The van der Waals surface area contributed by atoms with Gasteiger partial charge in [0.15, 0.2) is 0 Å². The van der Waals surface area contributed by atoms with Crippen LogP contribution in [0.2, 0.25) is 0 Å². The van der Waals surface area contributed by atoms with E-state index in [9.17, 15) is 0 Å². The van der Waals surface area contributed by atoms with Gasteiger partial charge in [0.05, 0.1) is 22.4 Å². The van der Waals surface area contributed by atoms with Crippen LogP contribution < -0.4 is 0 Å². The first kappa shape index (κ1) is 20.6. The van der Waals surface area contributed by atoms with E-state index in [1.165, 1.54) is 16.7 Å². The highest BCUT2D eigenvalue weighted by Gasteiger charge is 2.59. The minimum absolute atomic E-state index is 0.133. The fraction of sp³-hybridized carbons (Fsp3) is 0.583. The third-order valence-corrected chi connectivity index (χ3v) is 8.11. The Morgan fingerprint density at radius 1 is 0.767 bits per heavy atom. The number of allylic oxidation sites excluding steroid dienone is 3. The first-order valence-corrected chi connectivity index (χ1v) is 11.1. The Morgan fingerprint density at radius 2 is 1.30 bits per heavy atom. The Balaban J connectivity index is 1.68. The SMILES string of the molecule is CC1(C)OB(C2=C(B3OC(C)(C)C(C)(C)O3)C3C=CCc4cccc2c43)OC1(C)C. The third-order valence-electron chi connectivity index (χ3n) is 8.11. The van der Waals surface area contributed by atoms with Crippen molar-refractivity contribution in [2.45, 2.75) is 90.1 Å². The molecule has 2 aliphatic heterocycles. The predicted molar refractivity (Wildman–Crippen MR) is 121 cm³/mol. The summed E-state index contributed by atoms with van der Waals surface area (Å²) in [6, 6.07) is 6.57. The number of benzene rings is 1. The van der Waals surface area contributed by atoms with Gasteiger partial charge < -0.3 is 18.6 Å². The molecule has 2 aliphatic carbocycles. The first-order chi connectivity index (χ1) is 13.8. The van der Waals surface area contributed by atoms with Gasteiger partial charge >= 0.3 is 14.2 Å². The summed E-state index contributed by atoms with van der Waals surface area (Å²) in [5.41, 5.74) is 4.53. The second-order valence-corrected chi connectivity index (χ2v) is 11.0. The molecule has 0 amide bonds. The van der Waals surface area contributed by atoms with Crippen molar-refractivity contribution in [3.63, 3.8) is 0 Å². The summed E-state index contributed by atoms with van der Waals surface area (Å²) in [6.45, 7) is 16.8. The lowest BCUT2D eigenvalue weighted by atomic mass is 9.62. The Bertz CT molecular complexity index is 941. The summed E-state index contributed by atoms with van der Waals surface area (Å²) in [7, 11) is -0.883. The topological polar surface area (TPSA) is 36.9 Å². The van der Waals surface area contributed by atoms with E-state index in [0.29, 0.717) is 0 Å². The molecule has 4 aliphatic rings. The van der Waals surface area contributed by atoms with Crippen molar-refractivity contribution in [2.75, 3.05) is 0 Å². The maximum absolute atomic E-state index is 6.54. The van der Waals surface area contributed by atoms with Crippen LogP contribution >= 0.6 is 0 Å². The molecule has 0 saturated carbocycles. The molecule has 0 spiro atoms. The van der Waals surface area contributed by atoms with E-state index in [4.69, 9.17) is 18.6 Å². The molecule has 2 saturated heterocycles. The van der Waals surface area contributed by atoms with Crippen LogP contribution in [0, 0.1) is 0 Å². The fourth-order valence-electron chi connectivity index (χ4n) is 4.87. The lowest BCUT2D eigenvalue weighted by Crippen LogP contribution is -2.41. The second kappa shape index (κ2) is 6.13. The van der Waals surface area contributed by atoms with Gasteiger partial charge in [0.1, 0.15) is 0 Å². The summed E-state index contributed by atoms with van der Waals surface area (Å²) in [5, 5.41) is 0. The lowest BCUT2D eigenvalue weighted by Gasteiger charge is -2.32. The van der Waals surface area contributed by atoms with E-state index in [1.54, 1.807) is 0 Å². The van der Waals surface area contributed by atoms with E-state index in [2.05, 4.69) is 85.7 Å². The molecule has 30 heavy (non-hydrogen) atoms. The van der Waals surface area contributed by atoms with Crippen molar-refractivity contribution in [3.05, 3.63) is 52.5 Å². The average molecular weight is 406 g/mol. The van der Waals surface area contributed by atoms with Crippen LogP contribution in [-0.4, -0.2) is 36.6 Å². The summed E-state index contributed by atoms with van der Waals surface area (Å²) in [4.78, 5) is 0. The molecular formula is C24H32B2O4. The van der Waals surface area contributed by atoms with Crippen molar-refractivity contribution in [2.24, 2.45) is 0 Å². The molecule has 0 bridgehead atoms. The normalized spacial score (nSPS) is 29.7. The maximum Gasteiger partial charge on any atom is 0.494 e. The number of hydrogen-bond donors (Lipinski definition) is 0. The van der Waals surface area contributed by atoms with E-state index >= 15 is 0 Å². The summed E-state index contributed by atoms with van der Waals surface area (Å²) in [6.07, 6.45) is 5.51.